The van der Waals surface area contributed by atoms with E-state index in [1.54, 1.807) is 36.4 Å². The minimum absolute atomic E-state index is 0.00360. The Hall–Kier alpha value is -3.01. The number of allylic oxidation sites excluding steroid dienone is 2. The van der Waals surface area contributed by atoms with Crippen molar-refractivity contribution in [1.82, 2.24) is 0 Å². The monoisotopic (exact) mass is 408 g/mol. The van der Waals surface area contributed by atoms with Crippen molar-refractivity contribution in [3.63, 3.8) is 0 Å². The van der Waals surface area contributed by atoms with Gasteiger partial charge in [0, 0.05) is 17.2 Å². The minimum atomic E-state index is -0.0821. The standard InChI is InChI=1S/C26H32O4/c1-7-9-21-16-22(26(30-19(5)6)17-25(21)29-18(3)4)12-15-24(27)20-10-13-23(14-11-20)28-8-2/h7,10-19H,1,8-9H2,2-6H3/b15-12+. The third-order valence-electron chi connectivity index (χ3n) is 4.15. The third-order valence-corrected chi connectivity index (χ3v) is 4.15. The fraction of sp³-hybridized carbons (Fsp3) is 0.346. The summed E-state index contributed by atoms with van der Waals surface area (Å²) in [6.07, 6.45) is 5.90. The van der Waals surface area contributed by atoms with Crippen molar-refractivity contribution in [2.45, 2.75) is 53.2 Å². The summed E-state index contributed by atoms with van der Waals surface area (Å²) in [5.74, 6) is 2.13. The van der Waals surface area contributed by atoms with E-state index < -0.39 is 0 Å². The van der Waals surface area contributed by atoms with Gasteiger partial charge in [0.1, 0.15) is 17.2 Å². The van der Waals surface area contributed by atoms with Gasteiger partial charge in [-0.05, 0) is 89.1 Å². The van der Waals surface area contributed by atoms with Crippen LogP contribution in [0.4, 0.5) is 0 Å². The Morgan fingerprint density at radius 2 is 1.63 bits per heavy atom. The average molecular weight is 409 g/mol. The van der Waals surface area contributed by atoms with E-state index in [9.17, 15) is 4.79 Å². The van der Waals surface area contributed by atoms with Gasteiger partial charge in [-0.25, -0.2) is 0 Å². The molecule has 0 saturated carbocycles. The zero-order chi connectivity index (χ0) is 22.1. The van der Waals surface area contributed by atoms with Crippen LogP contribution in [0.25, 0.3) is 6.08 Å². The Balaban J connectivity index is 2.35. The highest BCUT2D eigenvalue weighted by Gasteiger charge is 2.13. The van der Waals surface area contributed by atoms with Crippen LogP contribution in [0, 0.1) is 0 Å². The lowest BCUT2D eigenvalue weighted by Gasteiger charge is -2.19. The highest BCUT2D eigenvalue weighted by Crippen LogP contribution is 2.32. The van der Waals surface area contributed by atoms with Crippen LogP contribution < -0.4 is 14.2 Å². The Morgan fingerprint density at radius 1 is 1.00 bits per heavy atom. The summed E-state index contributed by atoms with van der Waals surface area (Å²) in [4.78, 5) is 12.6. The normalized spacial score (nSPS) is 11.2. The number of ketones is 1. The molecule has 0 saturated heterocycles. The molecule has 0 spiro atoms. The first-order valence-corrected chi connectivity index (χ1v) is 10.4. The second-order valence-electron chi connectivity index (χ2n) is 7.48. The van der Waals surface area contributed by atoms with Gasteiger partial charge in [-0.3, -0.25) is 4.79 Å². The van der Waals surface area contributed by atoms with Crippen molar-refractivity contribution in [3.8, 4) is 17.2 Å². The molecule has 0 amide bonds. The quantitative estimate of drug-likeness (QED) is 0.249. The Bertz CT molecular complexity index is 877. The zero-order valence-corrected chi connectivity index (χ0v) is 18.6. The van der Waals surface area contributed by atoms with Crippen LogP contribution in [0.5, 0.6) is 17.2 Å². The number of carbonyl (C=O) groups excluding carboxylic acids is 1. The van der Waals surface area contributed by atoms with Crippen molar-refractivity contribution in [3.05, 3.63) is 71.8 Å². The van der Waals surface area contributed by atoms with Gasteiger partial charge in [-0.2, -0.15) is 0 Å². The molecule has 0 radical (unpaired) electrons. The molecule has 2 aromatic carbocycles. The summed E-state index contributed by atoms with van der Waals surface area (Å²) >= 11 is 0. The number of ether oxygens (including phenoxy) is 3. The second kappa shape index (κ2) is 11.2. The summed E-state index contributed by atoms with van der Waals surface area (Å²) in [7, 11) is 0. The first kappa shape index (κ1) is 23.3. The molecule has 0 aliphatic rings. The van der Waals surface area contributed by atoms with E-state index in [1.807, 2.05) is 52.8 Å². The van der Waals surface area contributed by atoms with E-state index in [0.717, 1.165) is 22.6 Å². The molecule has 0 N–H and O–H groups in total. The van der Waals surface area contributed by atoms with Crippen LogP contribution in [0.2, 0.25) is 0 Å². The topological polar surface area (TPSA) is 44.8 Å². The highest BCUT2D eigenvalue weighted by atomic mass is 16.5. The molecule has 0 heterocycles. The van der Waals surface area contributed by atoms with Gasteiger partial charge in [-0.15, -0.1) is 6.58 Å². The van der Waals surface area contributed by atoms with Crippen molar-refractivity contribution in [2.24, 2.45) is 0 Å². The van der Waals surface area contributed by atoms with Crippen LogP contribution in [0.1, 0.15) is 56.1 Å². The SMILES string of the molecule is C=CCc1cc(/C=C/C(=O)c2ccc(OCC)cc2)c(OC(C)C)cc1OC(C)C. The molecule has 0 aliphatic heterocycles. The molecule has 0 unspecified atom stereocenters. The first-order chi connectivity index (χ1) is 14.3. The summed E-state index contributed by atoms with van der Waals surface area (Å²) < 4.78 is 17.4. The molecule has 30 heavy (non-hydrogen) atoms. The van der Waals surface area contributed by atoms with Crippen LogP contribution >= 0.6 is 0 Å². The van der Waals surface area contributed by atoms with E-state index in [0.29, 0.717) is 24.3 Å². The van der Waals surface area contributed by atoms with Crippen LogP contribution in [0.15, 0.2) is 55.1 Å². The van der Waals surface area contributed by atoms with Crippen LogP contribution in [-0.2, 0) is 6.42 Å². The second-order valence-corrected chi connectivity index (χ2v) is 7.48. The zero-order valence-electron chi connectivity index (χ0n) is 18.6. The van der Waals surface area contributed by atoms with Crippen molar-refractivity contribution in [1.29, 1.82) is 0 Å². The first-order valence-electron chi connectivity index (χ1n) is 10.4. The van der Waals surface area contributed by atoms with E-state index >= 15 is 0 Å². The number of carbonyl (C=O) groups is 1. The van der Waals surface area contributed by atoms with Gasteiger partial charge in [0.15, 0.2) is 5.78 Å². The smallest absolute Gasteiger partial charge is 0.185 e. The lowest BCUT2D eigenvalue weighted by Crippen LogP contribution is -2.10. The van der Waals surface area contributed by atoms with Gasteiger partial charge in [-0.1, -0.05) is 6.08 Å². The minimum Gasteiger partial charge on any atom is -0.494 e. The van der Waals surface area contributed by atoms with Gasteiger partial charge in [0.25, 0.3) is 0 Å². The molecule has 0 bridgehead atoms. The van der Waals surface area contributed by atoms with Crippen molar-refractivity contribution in [2.75, 3.05) is 6.61 Å². The molecule has 0 aliphatic carbocycles. The number of benzene rings is 2. The van der Waals surface area contributed by atoms with Crippen molar-refractivity contribution < 1.29 is 19.0 Å². The fourth-order valence-corrected chi connectivity index (χ4v) is 2.93. The van der Waals surface area contributed by atoms with E-state index in [-0.39, 0.29) is 18.0 Å². The number of rotatable bonds is 11. The molecule has 0 atom stereocenters. The van der Waals surface area contributed by atoms with Crippen LogP contribution in [0.3, 0.4) is 0 Å². The Kier molecular flexibility index (Phi) is 8.72. The number of hydrogen-bond acceptors (Lipinski definition) is 4. The fourth-order valence-electron chi connectivity index (χ4n) is 2.93. The maximum Gasteiger partial charge on any atom is 0.185 e. The Morgan fingerprint density at radius 3 is 2.20 bits per heavy atom. The molecule has 160 valence electrons. The van der Waals surface area contributed by atoms with E-state index in [1.165, 1.54) is 0 Å². The maximum atomic E-state index is 12.6. The molecule has 0 aromatic heterocycles. The average Bonchev–Trinajstić information content (AvgIpc) is 2.68. The largest absolute Gasteiger partial charge is 0.494 e. The predicted molar refractivity (Wildman–Crippen MR) is 123 cm³/mol. The van der Waals surface area contributed by atoms with E-state index in [2.05, 4.69) is 6.58 Å². The molecule has 2 rings (SSSR count). The van der Waals surface area contributed by atoms with Gasteiger partial charge in [0.05, 0.1) is 18.8 Å². The molecular formula is C26H32O4. The summed E-state index contributed by atoms with van der Waals surface area (Å²) in [6, 6.07) is 11.0. The molecule has 4 heteroatoms. The predicted octanol–water partition coefficient (Wildman–Crippen LogP) is 6.28. The lowest BCUT2D eigenvalue weighted by molar-refractivity contribution is 0.104. The maximum absolute atomic E-state index is 12.6. The van der Waals surface area contributed by atoms with Crippen molar-refractivity contribution >= 4 is 11.9 Å². The van der Waals surface area contributed by atoms with Crippen LogP contribution in [-0.4, -0.2) is 24.6 Å². The molecular weight excluding hydrogens is 376 g/mol. The van der Waals surface area contributed by atoms with Gasteiger partial charge in [0.2, 0.25) is 0 Å². The molecule has 4 nitrogen and oxygen atoms in total. The highest BCUT2D eigenvalue weighted by molar-refractivity contribution is 6.07. The molecule has 2 aromatic rings. The third kappa shape index (κ3) is 6.80. The van der Waals surface area contributed by atoms with Gasteiger partial charge >= 0.3 is 0 Å². The summed E-state index contributed by atoms with van der Waals surface area (Å²) in [6.45, 7) is 14.3. The van der Waals surface area contributed by atoms with Gasteiger partial charge < -0.3 is 14.2 Å². The van der Waals surface area contributed by atoms with E-state index in [4.69, 9.17) is 14.2 Å². The molecule has 0 fully saturated rings. The lowest BCUT2D eigenvalue weighted by atomic mass is 10.0. The number of hydrogen-bond donors (Lipinski definition) is 0. The summed E-state index contributed by atoms with van der Waals surface area (Å²) in [5.41, 5.74) is 2.44. The Labute approximate surface area is 180 Å². The summed E-state index contributed by atoms with van der Waals surface area (Å²) in [5, 5.41) is 0.